The van der Waals surface area contributed by atoms with Crippen LogP contribution in [0.4, 0.5) is 0 Å². The van der Waals surface area contributed by atoms with E-state index in [1.165, 1.54) is 161 Å². The average molecular weight is 762 g/mol. The van der Waals surface area contributed by atoms with E-state index in [9.17, 15) is 19.8 Å². The lowest BCUT2D eigenvalue weighted by Crippen LogP contribution is -2.45. The summed E-state index contributed by atoms with van der Waals surface area (Å²) in [7, 11) is 0. The van der Waals surface area contributed by atoms with Gasteiger partial charge in [0.1, 0.15) is 0 Å². The smallest absolute Gasteiger partial charge is 0.305 e. The number of aliphatic hydroxyl groups excluding tert-OH is 2. The molecule has 0 aromatic heterocycles. The van der Waals surface area contributed by atoms with E-state index in [0.29, 0.717) is 19.4 Å². The van der Waals surface area contributed by atoms with E-state index in [4.69, 9.17) is 4.74 Å². The Morgan fingerprint density at radius 2 is 0.870 bits per heavy atom. The molecule has 3 N–H and O–H groups in total. The fourth-order valence-corrected chi connectivity index (χ4v) is 7.04. The molecule has 0 fully saturated rings. The Morgan fingerprint density at radius 1 is 0.500 bits per heavy atom. The highest BCUT2D eigenvalue weighted by Gasteiger charge is 2.18. The predicted molar refractivity (Wildman–Crippen MR) is 232 cm³/mol. The zero-order chi connectivity index (χ0) is 39.4. The minimum atomic E-state index is -0.847. The first-order chi connectivity index (χ1) is 26.5. The molecule has 0 heterocycles. The van der Waals surface area contributed by atoms with Crippen molar-refractivity contribution in [1.82, 2.24) is 5.32 Å². The maximum atomic E-state index is 12.4. The van der Waals surface area contributed by atoms with Crippen molar-refractivity contribution in [1.29, 1.82) is 0 Å². The molecule has 318 valence electrons. The van der Waals surface area contributed by atoms with Crippen LogP contribution in [0.2, 0.25) is 0 Å². The first-order valence-electron chi connectivity index (χ1n) is 23.6. The molecule has 0 rings (SSSR count). The number of esters is 1. The topological polar surface area (TPSA) is 95.9 Å². The highest BCUT2D eigenvalue weighted by molar-refractivity contribution is 5.76. The molecule has 2 atom stereocenters. The Kier molecular flexibility index (Phi) is 42.7. The van der Waals surface area contributed by atoms with Crippen molar-refractivity contribution in [2.45, 2.75) is 257 Å². The Hall–Kier alpha value is -1.66. The van der Waals surface area contributed by atoms with Crippen molar-refractivity contribution in [2.24, 2.45) is 0 Å². The summed E-state index contributed by atoms with van der Waals surface area (Å²) in [5, 5.41) is 22.9. The fraction of sp³-hybridized carbons (Fsp3) is 0.875. The lowest BCUT2D eigenvalue weighted by Gasteiger charge is -2.20. The maximum Gasteiger partial charge on any atom is 0.305 e. The van der Waals surface area contributed by atoms with Gasteiger partial charge >= 0.3 is 5.97 Å². The van der Waals surface area contributed by atoms with Crippen LogP contribution in [0.15, 0.2) is 24.3 Å². The second-order valence-electron chi connectivity index (χ2n) is 16.1. The van der Waals surface area contributed by atoms with Crippen LogP contribution in [0.1, 0.15) is 245 Å². The third-order valence-electron chi connectivity index (χ3n) is 10.7. The van der Waals surface area contributed by atoms with Gasteiger partial charge in [-0.2, -0.15) is 0 Å². The first-order valence-corrected chi connectivity index (χ1v) is 23.6. The molecular weight excluding hydrogens is 671 g/mol. The van der Waals surface area contributed by atoms with Crippen LogP contribution in [-0.4, -0.2) is 47.4 Å². The Morgan fingerprint density at radius 3 is 1.35 bits per heavy atom. The van der Waals surface area contributed by atoms with Gasteiger partial charge in [0.25, 0.3) is 0 Å². The number of hydrogen-bond donors (Lipinski definition) is 3. The second kappa shape index (κ2) is 44.1. The molecule has 2 unspecified atom stereocenters. The SMILES string of the molecule is CCCCC/C=C\CCCCCCCC(=O)OCCCCCCCCCCCCCCCCCC(=O)NC(CO)C(O)/C=C/CCCCCCCCCC. The lowest BCUT2D eigenvalue weighted by atomic mass is 10.0. The number of allylic oxidation sites excluding steroid dienone is 3. The van der Waals surface area contributed by atoms with E-state index in [1.54, 1.807) is 6.08 Å². The van der Waals surface area contributed by atoms with E-state index in [0.717, 1.165) is 57.8 Å². The van der Waals surface area contributed by atoms with Crippen molar-refractivity contribution in [3.05, 3.63) is 24.3 Å². The Balaban J connectivity index is 3.45. The summed E-state index contributed by atoms with van der Waals surface area (Å²) in [6, 6.07) is -0.632. The van der Waals surface area contributed by atoms with Gasteiger partial charge < -0.3 is 20.3 Å². The van der Waals surface area contributed by atoms with Gasteiger partial charge in [-0.05, 0) is 57.8 Å². The van der Waals surface area contributed by atoms with Gasteiger partial charge in [-0.25, -0.2) is 0 Å². The highest BCUT2D eigenvalue weighted by Crippen LogP contribution is 2.15. The van der Waals surface area contributed by atoms with Gasteiger partial charge in [0.2, 0.25) is 5.91 Å². The molecule has 0 aromatic carbocycles. The molecule has 6 nitrogen and oxygen atoms in total. The number of aliphatic hydroxyl groups is 2. The lowest BCUT2D eigenvalue weighted by molar-refractivity contribution is -0.143. The molecule has 0 saturated heterocycles. The van der Waals surface area contributed by atoms with Crippen LogP contribution in [-0.2, 0) is 14.3 Å². The van der Waals surface area contributed by atoms with Gasteiger partial charge in [0.05, 0.1) is 25.4 Å². The van der Waals surface area contributed by atoms with Gasteiger partial charge in [-0.1, -0.05) is 199 Å². The van der Waals surface area contributed by atoms with Crippen LogP contribution in [0.3, 0.4) is 0 Å². The Labute approximate surface area is 335 Å². The molecule has 0 aliphatic rings. The Bertz CT molecular complexity index is 843. The molecule has 0 bridgehead atoms. The number of rotatable bonds is 43. The van der Waals surface area contributed by atoms with Gasteiger partial charge in [0.15, 0.2) is 0 Å². The largest absolute Gasteiger partial charge is 0.466 e. The zero-order valence-electron chi connectivity index (χ0n) is 36.0. The number of ether oxygens (including phenoxy) is 1. The van der Waals surface area contributed by atoms with Crippen molar-refractivity contribution in [2.75, 3.05) is 13.2 Å². The second-order valence-corrected chi connectivity index (χ2v) is 16.1. The van der Waals surface area contributed by atoms with E-state index < -0.39 is 12.1 Å². The van der Waals surface area contributed by atoms with Crippen LogP contribution in [0.25, 0.3) is 0 Å². The highest BCUT2D eigenvalue weighted by atomic mass is 16.5. The summed E-state index contributed by atoms with van der Waals surface area (Å²) in [5.74, 6) is -0.0909. The standard InChI is InChI=1S/C48H91NO5/c1-3-5-7-9-11-13-15-22-26-30-34-38-42-48(53)54-43-39-35-31-27-23-20-18-16-17-19-21-25-29-33-37-41-47(52)49-45(44-50)46(51)40-36-32-28-24-14-12-10-8-6-4-2/h11,13,36,40,45-46,50-51H,3-10,12,14-35,37-39,41-44H2,1-2H3,(H,49,52)/b13-11-,40-36+. The van der Waals surface area contributed by atoms with Crippen LogP contribution in [0.5, 0.6) is 0 Å². The predicted octanol–water partition coefficient (Wildman–Crippen LogP) is 13.6. The van der Waals surface area contributed by atoms with Gasteiger partial charge in [-0.15, -0.1) is 0 Å². The fourth-order valence-electron chi connectivity index (χ4n) is 7.04. The number of carbonyl (C=O) groups excluding carboxylic acids is 2. The molecule has 1 amide bonds. The first kappa shape index (κ1) is 52.3. The van der Waals surface area contributed by atoms with Gasteiger partial charge in [-0.3, -0.25) is 9.59 Å². The van der Waals surface area contributed by atoms with E-state index in [-0.39, 0.29) is 18.5 Å². The molecule has 0 spiro atoms. The van der Waals surface area contributed by atoms with Crippen molar-refractivity contribution >= 4 is 11.9 Å². The summed E-state index contributed by atoms with van der Waals surface area (Å²) >= 11 is 0. The number of amides is 1. The molecule has 6 heteroatoms. The average Bonchev–Trinajstić information content (AvgIpc) is 3.17. The molecule has 0 aromatic rings. The van der Waals surface area contributed by atoms with Gasteiger partial charge in [0, 0.05) is 12.8 Å². The number of hydrogen-bond acceptors (Lipinski definition) is 5. The number of unbranched alkanes of at least 4 members (excludes halogenated alkanes) is 30. The minimum Gasteiger partial charge on any atom is -0.466 e. The van der Waals surface area contributed by atoms with Crippen molar-refractivity contribution < 1.29 is 24.5 Å². The molecule has 0 aliphatic heterocycles. The van der Waals surface area contributed by atoms with E-state index in [1.807, 2.05) is 6.08 Å². The molecule has 54 heavy (non-hydrogen) atoms. The maximum absolute atomic E-state index is 12.4. The third-order valence-corrected chi connectivity index (χ3v) is 10.7. The van der Waals surface area contributed by atoms with Crippen LogP contribution < -0.4 is 5.32 Å². The molecular formula is C48H91NO5. The summed E-state index contributed by atoms with van der Waals surface area (Å²) in [5.41, 5.74) is 0. The van der Waals surface area contributed by atoms with Crippen molar-refractivity contribution in [3.63, 3.8) is 0 Å². The van der Waals surface area contributed by atoms with E-state index in [2.05, 4.69) is 31.3 Å². The third kappa shape index (κ3) is 40.0. The summed E-state index contributed by atoms with van der Waals surface area (Å²) in [6.45, 7) is 4.83. The van der Waals surface area contributed by atoms with E-state index >= 15 is 0 Å². The minimum absolute atomic E-state index is 0.0115. The van der Waals surface area contributed by atoms with Crippen LogP contribution in [0, 0.1) is 0 Å². The monoisotopic (exact) mass is 762 g/mol. The quantitative estimate of drug-likeness (QED) is 0.0327. The summed E-state index contributed by atoms with van der Waals surface area (Å²) in [6.07, 6.45) is 50.2. The summed E-state index contributed by atoms with van der Waals surface area (Å²) in [4.78, 5) is 24.3. The molecule has 0 aliphatic carbocycles. The normalized spacial score (nSPS) is 12.9. The summed E-state index contributed by atoms with van der Waals surface area (Å²) < 4.78 is 5.44. The molecule has 0 saturated carbocycles. The van der Waals surface area contributed by atoms with Crippen LogP contribution >= 0.6 is 0 Å². The number of carbonyl (C=O) groups is 2. The zero-order valence-corrected chi connectivity index (χ0v) is 36.0. The molecule has 0 radical (unpaired) electrons. The number of nitrogens with one attached hydrogen (secondary N) is 1. The van der Waals surface area contributed by atoms with Crippen molar-refractivity contribution in [3.8, 4) is 0 Å².